The Kier molecular flexibility index (Phi) is 6.61. The van der Waals surface area contributed by atoms with E-state index < -0.39 is 45.0 Å². The van der Waals surface area contributed by atoms with E-state index in [9.17, 15) is 26.4 Å². The Balaban J connectivity index is 1.91. The first-order chi connectivity index (χ1) is 16.5. The summed E-state index contributed by atoms with van der Waals surface area (Å²) < 4.78 is 72.3. The molecule has 184 valence electrons. The molecule has 0 aliphatic carbocycles. The summed E-state index contributed by atoms with van der Waals surface area (Å²) in [6.07, 6.45) is -5.06. The van der Waals surface area contributed by atoms with Gasteiger partial charge in [-0.25, -0.2) is 8.42 Å². The van der Waals surface area contributed by atoms with Crippen molar-refractivity contribution in [2.75, 3.05) is 11.9 Å². The summed E-state index contributed by atoms with van der Waals surface area (Å²) in [5.41, 5.74) is 1.79. The SMILES string of the molecule is CC1c2ccccc2N(C)C(=O)C(Cc2ccccc2)N1S(=O)(=O)c1ccccc1OC(F)(F)F. The molecule has 35 heavy (non-hydrogen) atoms. The van der Waals surface area contributed by atoms with Crippen molar-refractivity contribution < 1.29 is 31.1 Å². The smallest absolute Gasteiger partial charge is 0.404 e. The number of likely N-dealkylation sites (N-methyl/N-ethyl adjacent to an activating group) is 1. The average Bonchev–Trinajstić information content (AvgIpc) is 2.89. The number of hydrogen-bond acceptors (Lipinski definition) is 4. The molecule has 0 saturated carbocycles. The number of hydrogen-bond donors (Lipinski definition) is 0. The average molecular weight is 505 g/mol. The van der Waals surface area contributed by atoms with E-state index in [-0.39, 0.29) is 6.42 Å². The summed E-state index contributed by atoms with van der Waals surface area (Å²) in [7, 11) is -3.09. The fourth-order valence-corrected chi connectivity index (χ4v) is 6.25. The van der Waals surface area contributed by atoms with Crippen molar-refractivity contribution >= 4 is 21.6 Å². The summed E-state index contributed by atoms with van der Waals surface area (Å²) in [5.74, 6) is -1.35. The zero-order chi connectivity index (χ0) is 25.4. The molecule has 3 aromatic rings. The standard InChI is InChI=1S/C25H23F3N2O4S/c1-17-19-12-6-7-13-20(19)29(2)24(31)21(16-18-10-4-3-5-11-18)30(17)35(32,33)23-15-9-8-14-22(23)34-25(26,27)28/h3-15,17,21H,16H2,1-2H3. The van der Waals surface area contributed by atoms with Crippen molar-refractivity contribution in [2.45, 2.75) is 36.7 Å². The number of halogens is 3. The Morgan fingerprint density at radius 3 is 2.20 bits per heavy atom. The monoisotopic (exact) mass is 504 g/mol. The second kappa shape index (κ2) is 9.35. The van der Waals surface area contributed by atoms with Crippen LogP contribution in [0.2, 0.25) is 0 Å². The molecule has 4 rings (SSSR count). The van der Waals surface area contributed by atoms with Gasteiger partial charge in [-0.3, -0.25) is 4.79 Å². The van der Waals surface area contributed by atoms with Crippen LogP contribution in [-0.2, 0) is 21.2 Å². The molecular weight excluding hydrogens is 481 g/mol. The molecule has 10 heteroatoms. The molecule has 0 spiro atoms. The number of nitrogens with zero attached hydrogens (tertiary/aromatic N) is 2. The molecule has 3 aromatic carbocycles. The molecule has 6 nitrogen and oxygen atoms in total. The van der Waals surface area contributed by atoms with Crippen LogP contribution in [0.5, 0.6) is 5.75 Å². The number of carbonyl (C=O) groups excluding carboxylic acids is 1. The molecule has 2 atom stereocenters. The van der Waals surface area contributed by atoms with Crippen molar-refractivity contribution in [3.63, 3.8) is 0 Å². The van der Waals surface area contributed by atoms with Gasteiger partial charge in [0.25, 0.3) is 0 Å². The van der Waals surface area contributed by atoms with E-state index in [0.29, 0.717) is 16.8 Å². The van der Waals surface area contributed by atoms with Crippen molar-refractivity contribution in [1.29, 1.82) is 0 Å². The topological polar surface area (TPSA) is 66.9 Å². The van der Waals surface area contributed by atoms with Gasteiger partial charge in [0.15, 0.2) is 0 Å². The van der Waals surface area contributed by atoms with E-state index in [1.54, 1.807) is 68.6 Å². The molecule has 1 heterocycles. The number of para-hydroxylation sites is 2. The Labute approximate surface area is 201 Å². The number of carbonyl (C=O) groups is 1. The number of anilines is 1. The fraction of sp³-hybridized carbons (Fsp3) is 0.240. The third kappa shape index (κ3) is 4.89. The van der Waals surface area contributed by atoms with Crippen LogP contribution in [-0.4, -0.2) is 38.1 Å². The highest BCUT2D eigenvalue weighted by atomic mass is 32.2. The predicted molar refractivity (Wildman–Crippen MR) is 124 cm³/mol. The van der Waals surface area contributed by atoms with E-state index in [2.05, 4.69) is 4.74 Å². The Morgan fingerprint density at radius 2 is 1.51 bits per heavy atom. The molecule has 1 aliphatic rings. The minimum absolute atomic E-state index is 0.0316. The number of sulfonamides is 1. The van der Waals surface area contributed by atoms with Gasteiger partial charge in [-0.1, -0.05) is 60.7 Å². The minimum Gasteiger partial charge on any atom is -0.404 e. The highest BCUT2D eigenvalue weighted by molar-refractivity contribution is 7.89. The van der Waals surface area contributed by atoms with Gasteiger partial charge in [0.05, 0.1) is 6.04 Å². The number of ether oxygens (including phenoxy) is 1. The number of benzene rings is 3. The Morgan fingerprint density at radius 1 is 0.914 bits per heavy atom. The van der Waals surface area contributed by atoms with E-state index in [1.807, 2.05) is 0 Å². The van der Waals surface area contributed by atoms with Crippen molar-refractivity contribution in [3.8, 4) is 5.75 Å². The Hall–Kier alpha value is -3.37. The summed E-state index contributed by atoms with van der Waals surface area (Å²) in [6.45, 7) is 1.62. The maximum Gasteiger partial charge on any atom is 0.573 e. The van der Waals surface area contributed by atoms with Gasteiger partial charge in [0.2, 0.25) is 15.9 Å². The molecule has 0 fully saturated rings. The summed E-state index contributed by atoms with van der Waals surface area (Å²) >= 11 is 0. The van der Waals surface area contributed by atoms with E-state index in [1.165, 1.54) is 17.0 Å². The van der Waals surface area contributed by atoms with Gasteiger partial charge in [-0.15, -0.1) is 13.2 Å². The van der Waals surface area contributed by atoms with Crippen LogP contribution >= 0.6 is 0 Å². The highest BCUT2D eigenvalue weighted by Gasteiger charge is 2.46. The van der Waals surface area contributed by atoms with Gasteiger partial charge in [0, 0.05) is 12.7 Å². The number of rotatable bonds is 5. The van der Waals surface area contributed by atoms with Gasteiger partial charge >= 0.3 is 6.36 Å². The molecule has 0 bridgehead atoms. The van der Waals surface area contributed by atoms with Crippen LogP contribution < -0.4 is 9.64 Å². The maximum absolute atomic E-state index is 14.0. The first kappa shape index (κ1) is 24.7. The van der Waals surface area contributed by atoms with Crippen molar-refractivity contribution in [2.24, 2.45) is 0 Å². The third-order valence-corrected chi connectivity index (χ3v) is 7.97. The quantitative estimate of drug-likeness (QED) is 0.495. The lowest BCUT2D eigenvalue weighted by molar-refractivity contribution is -0.275. The first-order valence-corrected chi connectivity index (χ1v) is 12.2. The Bertz CT molecular complexity index is 1330. The molecule has 0 saturated heterocycles. The first-order valence-electron chi connectivity index (χ1n) is 10.8. The van der Waals surface area contributed by atoms with Gasteiger partial charge < -0.3 is 9.64 Å². The highest BCUT2D eigenvalue weighted by Crippen LogP contribution is 2.41. The van der Waals surface area contributed by atoms with Crippen LogP contribution in [0.1, 0.15) is 24.1 Å². The molecule has 0 radical (unpaired) electrons. The second-order valence-electron chi connectivity index (χ2n) is 8.17. The molecule has 0 aromatic heterocycles. The largest absolute Gasteiger partial charge is 0.573 e. The maximum atomic E-state index is 14.0. The van der Waals surface area contributed by atoms with Crippen LogP contribution in [0, 0.1) is 0 Å². The van der Waals surface area contributed by atoms with Crippen LogP contribution in [0.15, 0.2) is 83.8 Å². The van der Waals surface area contributed by atoms with Gasteiger partial charge in [-0.05, 0) is 42.7 Å². The zero-order valence-electron chi connectivity index (χ0n) is 18.9. The summed E-state index contributed by atoms with van der Waals surface area (Å²) in [6, 6.07) is 18.2. The number of fused-ring (bicyclic) bond motifs is 1. The molecule has 2 unspecified atom stereocenters. The number of amides is 1. The second-order valence-corrected chi connectivity index (χ2v) is 9.98. The predicted octanol–water partition coefficient (Wildman–Crippen LogP) is 4.92. The van der Waals surface area contributed by atoms with Crippen molar-refractivity contribution in [3.05, 3.63) is 90.0 Å². The van der Waals surface area contributed by atoms with E-state index in [4.69, 9.17) is 0 Å². The number of alkyl halides is 3. The third-order valence-electron chi connectivity index (χ3n) is 5.95. The lowest BCUT2D eigenvalue weighted by atomic mass is 10.0. The zero-order valence-corrected chi connectivity index (χ0v) is 19.8. The van der Waals surface area contributed by atoms with Gasteiger partial charge in [0.1, 0.15) is 16.7 Å². The summed E-state index contributed by atoms with van der Waals surface area (Å²) in [4.78, 5) is 14.4. The van der Waals surface area contributed by atoms with Crippen molar-refractivity contribution in [1.82, 2.24) is 4.31 Å². The van der Waals surface area contributed by atoms with Crippen LogP contribution in [0.25, 0.3) is 0 Å². The van der Waals surface area contributed by atoms with Crippen LogP contribution in [0.3, 0.4) is 0 Å². The van der Waals surface area contributed by atoms with E-state index in [0.717, 1.165) is 16.4 Å². The normalized spacial score (nSPS) is 19.2. The van der Waals surface area contributed by atoms with Crippen LogP contribution in [0.4, 0.5) is 18.9 Å². The van der Waals surface area contributed by atoms with Gasteiger partial charge in [-0.2, -0.15) is 4.31 Å². The molecule has 0 N–H and O–H groups in total. The van der Waals surface area contributed by atoms with E-state index >= 15 is 0 Å². The molecule has 1 aliphatic heterocycles. The molecule has 1 amide bonds. The lowest BCUT2D eigenvalue weighted by Gasteiger charge is -2.33. The fourth-order valence-electron chi connectivity index (χ4n) is 4.38. The lowest BCUT2D eigenvalue weighted by Crippen LogP contribution is -2.50. The molecular formula is C25H23F3N2O4S. The summed E-state index contributed by atoms with van der Waals surface area (Å²) in [5, 5.41) is 0. The minimum atomic E-state index is -5.10.